The fourth-order valence-electron chi connectivity index (χ4n) is 1.46. The molecule has 1 rings (SSSR count). The standard InChI is InChI=1S/C13H17Br2Cl/c1-5-13(3,4)12(16)9-7-10(14)8(2)6-11(9)15/h6-7,12H,5H2,1-4H3. The second kappa shape index (κ2) is 5.41. The van der Waals surface area contributed by atoms with Crippen molar-refractivity contribution in [1.82, 2.24) is 0 Å². The second-order valence-electron chi connectivity index (χ2n) is 4.83. The molecule has 16 heavy (non-hydrogen) atoms. The summed E-state index contributed by atoms with van der Waals surface area (Å²) in [6, 6.07) is 4.23. The molecule has 1 unspecified atom stereocenters. The van der Waals surface area contributed by atoms with Gasteiger partial charge in [-0.25, -0.2) is 0 Å². The van der Waals surface area contributed by atoms with Crippen LogP contribution in [-0.2, 0) is 0 Å². The van der Waals surface area contributed by atoms with E-state index in [0.717, 1.165) is 20.9 Å². The van der Waals surface area contributed by atoms with Crippen molar-refractivity contribution >= 4 is 43.5 Å². The van der Waals surface area contributed by atoms with Crippen molar-refractivity contribution in [2.24, 2.45) is 5.41 Å². The predicted octanol–water partition coefficient (Wildman–Crippen LogP) is 6.24. The van der Waals surface area contributed by atoms with Crippen LogP contribution < -0.4 is 0 Å². The molecule has 0 fully saturated rings. The molecule has 3 heteroatoms. The number of alkyl halides is 1. The third-order valence-corrected chi connectivity index (χ3v) is 5.52. The molecule has 0 amide bonds. The van der Waals surface area contributed by atoms with Crippen molar-refractivity contribution in [2.45, 2.75) is 39.5 Å². The Labute approximate surface area is 120 Å². The van der Waals surface area contributed by atoms with Crippen LogP contribution in [0.25, 0.3) is 0 Å². The zero-order valence-corrected chi connectivity index (χ0v) is 14.0. The molecule has 0 radical (unpaired) electrons. The maximum atomic E-state index is 6.58. The average Bonchev–Trinajstić information content (AvgIpc) is 2.22. The molecule has 1 aromatic rings. The lowest BCUT2D eigenvalue weighted by molar-refractivity contribution is 0.335. The van der Waals surface area contributed by atoms with Crippen LogP contribution in [0.15, 0.2) is 21.1 Å². The highest BCUT2D eigenvalue weighted by atomic mass is 79.9. The van der Waals surface area contributed by atoms with Crippen LogP contribution in [0.2, 0.25) is 0 Å². The summed E-state index contributed by atoms with van der Waals surface area (Å²) in [5.41, 5.74) is 2.47. The van der Waals surface area contributed by atoms with Gasteiger partial charge in [-0.2, -0.15) is 0 Å². The molecule has 0 aliphatic rings. The van der Waals surface area contributed by atoms with Crippen LogP contribution >= 0.6 is 43.5 Å². The van der Waals surface area contributed by atoms with Crippen molar-refractivity contribution in [1.29, 1.82) is 0 Å². The van der Waals surface area contributed by atoms with E-state index in [1.165, 1.54) is 5.56 Å². The molecule has 0 aliphatic heterocycles. The quantitative estimate of drug-likeness (QED) is 0.554. The molecule has 0 saturated carbocycles. The molecule has 90 valence electrons. The van der Waals surface area contributed by atoms with Crippen LogP contribution in [0.1, 0.15) is 43.7 Å². The number of aryl methyl sites for hydroxylation is 1. The largest absolute Gasteiger partial charge is 0.117 e. The lowest BCUT2D eigenvalue weighted by Crippen LogP contribution is -2.17. The van der Waals surface area contributed by atoms with Gasteiger partial charge < -0.3 is 0 Å². The number of hydrogen-bond acceptors (Lipinski definition) is 0. The summed E-state index contributed by atoms with van der Waals surface area (Å²) in [5.74, 6) is 0. The highest BCUT2D eigenvalue weighted by Gasteiger charge is 2.29. The third kappa shape index (κ3) is 3.02. The predicted molar refractivity (Wildman–Crippen MR) is 79.2 cm³/mol. The molecule has 0 aromatic heterocycles. The van der Waals surface area contributed by atoms with E-state index >= 15 is 0 Å². The van der Waals surface area contributed by atoms with Crippen LogP contribution in [-0.4, -0.2) is 0 Å². The molecule has 1 atom stereocenters. The number of rotatable bonds is 3. The molecule has 1 aromatic carbocycles. The van der Waals surface area contributed by atoms with Gasteiger partial charge in [0.05, 0.1) is 5.38 Å². The molecular weight excluding hydrogens is 351 g/mol. The van der Waals surface area contributed by atoms with E-state index < -0.39 is 0 Å². The molecule has 0 nitrogen and oxygen atoms in total. The summed E-state index contributed by atoms with van der Waals surface area (Å²) < 4.78 is 2.21. The molecule has 0 heterocycles. The maximum Gasteiger partial charge on any atom is 0.0647 e. The van der Waals surface area contributed by atoms with Gasteiger partial charge in [0.25, 0.3) is 0 Å². The van der Waals surface area contributed by atoms with Gasteiger partial charge in [-0.3, -0.25) is 0 Å². The Bertz CT molecular complexity index is 386. The summed E-state index contributed by atoms with van der Waals surface area (Å²) in [4.78, 5) is 0. The minimum absolute atomic E-state index is 0.0174. The van der Waals surface area contributed by atoms with Gasteiger partial charge in [0.1, 0.15) is 0 Å². The van der Waals surface area contributed by atoms with Crippen molar-refractivity contribution < 1.29 is 0 Å². The van der Waals surface area contributed by atoms with Crippen LogP contribution in [0.5, 0.6) is 0 Å². The van der Waals surface area contributed by atoms with Gasteiger partial charge >= 0.3 is 0 Å². The average molecular weight is 369 g/mol. The first-order valence-corrected chi connectivity index (χ1v) is 7.41. The number of hydrogen-bond donors (Lipinski definition) is 0. The first kappa shape index (κ1) is 14.5. The lowest BCUT2D eigenvalue weighted by Gasteiger charge is -2.30. The van der Waals surface area contributed by atoms with Gasteiger partial charge in [-0.1, -0.05) is 52.6 Å². The SMILES string of the molecule is CCC(C)(C)C(Cl)c1cc(Br)c(C)cc1Br. The fourth-order valence-corrected chi connectivity index (χ4v) is 2.97. The van der Waals surface area contributed by atoms with E-state index in [0.29, 0.717) is 0 Å². The lowest BCUT2D eigenvalue weighted by atomic mass is 9.82. The van der Waals surface area contributed by atoms with Crippen molar-refractivity contribution in [3.05, 3.63) is 32.2 Å². The van der Waals surface area contributed by atoms with E-state index in [1.807, 2.05) is 0 Å². The Hall–Kier alpha value is 0.470. The fraction of sp³-hybridized carbons (Fsp3) is 0.538. The van der Waals surface area contributed by atoms with Crippen LogP contribution in [0, 0.1) is 12.3 Å². The molecular formula is C13H17Br2Cl. The molecule has 0 spiro atoms. The van der Waals surface area contributed by atoms with Crippen molar-refractivity contribution in [3.63, 3.8) is 0 Å². The zero-order valence-electron chi connectivity index (χ0n) is 10.1. The maximum absolute atomic E-state index is 6.58. The van der Waals surface area contributed by atoms with E-state index in [4.69, 9.17) is 11.6 Å². The monoisotopic (exact) mass is 366 g/mol. The van der Waals surface area contributed by atoms with Gasteiger partial charge in [-0.05, 0) is 42.0 Å². The molecule has 0 N–H and O–H groups in total. The van der Waals surface area contributed by atoms with Gasteiger partial charge in [0, 0.05) is 8.95 Å². The summed E-state index contributed by atoms with van der Waals surface area (Å²) >= 11 is 13.7. The highest BCUT2D eigenvalue weighted by Crippen LogP contribution is 2.44. The van der Waals surface area contributed by atoms with Crippen LogP contribution in [0.4, 0.5) is 0 Å². The summed E-state index contributed by atoms with van der Waals surface area (Å²) in [6.45, 7) is 8.65. The van der Waals surface area contributed by atoms with E-state index in [1.54, 1.807) is 0 Å². The minimum Gasteiger partial charge on any atom is -0.117 e. The van der Waals surface area contributed by atoms with Gasteiger partial charge in [0.15, 0.2) is 0 Å². The first-order chi connectivity index (χ1) is 7.29. The Balaban J connectivity index is 3.19. The molecule has 0 saturated heterocycles. The molecule has 0 bridgehead atoms. The summed E-state index contributed by atoms with van der Waals surface area (Å²) in [7, 11) is 0. The summed E-state index contributed by atoms with van der Waals surface area (Å²) in [5, 5.41) is 0.0174. The normalized spacial score (nSPS) is 13.9. The van der Waals surface area contributed by atoms with Crippen molar-refractivity contribution in [3.8, 4) is 0 Å². The second-order valence-corrected chi connectivity index (χ2v) is 6.97. The first-order valence-electron chi connectivity index (χ1n) is 5.39. The van der Waals surface area contributed by atoms with Gasteiger partial charge in [-0.15, -0.1) is 11.6 Å². The Kier molecular flexibility index (Phi) is 4.91. The minimum atomic E-state index is 0.0174. The highest BCUT2D eigenvalue weighted by molar-refractivity contribution is 9.11. The molecule has 0 aliphatic carbocycles. The topological polar surface area (TPSA) is 0 Å². The van der Waals surface area contributed by atoms with E-state index in [9.17, 15) is 0 Å². The zero-order chi connectivity index (χ0) is 12.5. The summed E-state index contributed by atoms with van der Waals surface area (Å²) in [6.07, 6.45) is 1.05. The van der Waals surface area contributed by atoms with Gasteiger partial charge in [0.2, 0.25) is 0 Å². The number of benzene rings is 1. The number of halogens is 3. The Morgan fingerprint density at radius 3 is 2.31 bits per heavy atom. The Morgan fingerprint density at radius 1 is 1.25 bits per heavy atom. The van der Waals surface area contributed by atoms with Crippen LogP contribution in [0.3, 0.4) is 0 Å². The smallest absolute Gasteiger partial charge is 0.0647 e. The van der Waals surface area contributed by atoms with E-state index in [-0.39, 0.29) is 10.8 Å². The Morgan fingerprint density at radius 2 is 1.81 bits per heavy atom. The van der Waals surface area contributed by atoms with Crippen molar-refractivity contribution in [2.75, 3.05) is 0 Å². The third-order valence-electron chi connectivity index (χ3n) is 3.15. The van der Waals surface area contributed by atoms with E-state index in [2.05, 4.69) is 71.7 Å².